The van der Waals surface area contributed by atoms with E-state index in [4.69, 9.17) is 33.8 Å². The molecule has 1 fully saturated rings. The quantitative estimate of drug-likeness (QED) is 0.0332. The van der Waals surface area contributed by atoms with Crippen LogP contribution in [0.2, 0.25) is 0 Å². The maximum absolute atomic E-state index is 15.1. The highest BCUT2D eigenvalue weighted by Crippen LogP contribution is 2.26. The van der Waals surface area contributed by atoms with Crippen molar-refractivity contribution >= 4 is 160 Å². The summed E-state index contributed by atoms with van der Waals surface area (Å²) in [6, 6.07) is -16.4. The lowest BCUT2D eigenvalue weighted by Gasteiger charge is -2.27. The van der Waals surface area contributed by atoms with E-state index in [0.29, 0.717) is 16.7 Å². The van der Waals surface area contributed by atoms with Gasteiger partial charge in [-0.15, -0.1) is 0 Å². The molecule has 4 heterocycles. The van der Waals surface area contributed by atoms with Crippen LogP contribution in [0.15, 0.2) is 30.7 Å². The molecule has 3 aliphatic rings. The number of nitrogens with two attached hydrogens (primary N) is 4. The first-order valence-corrected chi connectivity index (χ1v) is 41.5. The number of hydrogen-bond donors (Lipinski definition) is 27. The van der Waals surface area contributed by atoms with Crippen LogP contribution in [0.25, 0.3) is 0 Å². The van der Waals surface area contributed by atoms with E-state index in [9.17, 15) is 102 Å². The van der Waals surface area contributed by atoms with Crippen molar-refractivity contribution in [2.24, 2.45) is 22.9 Å². The molecule has 0 aliphatic carbocycles. The van der Waals surface area contributed by atoms with Crippen LogP contribution in [0.3, 0.4) is 0 Å². The highest BCUT2D eigenvalue weighted by molar-refractivity contribution is 7.99. The number of aliphatic hydroxyl groups excluding tert-OH is 1. The van der Waals surface area contributed by atoms with Gasteiger partial charge < -0.3 is 139 Å². The number of fused-ring (bicyclic) bond motifs is 6. The number of rotatable bonds is 20. The normalized spacial score (nSPS) is 24.7. The van der Waals surface area contributed by atoms with Gasteiger partial charge in [-0.05, 0) is 82.9 Å². The minimum absolute atomic E-state index is 0.00925. The van der Waals surface area contributed by atoms with Crippen LogP contribution in [-0.2, 0) is 115 Å². The van der Waals surface area contributed by atoms with Gasteiger partial charge in [0, 0.05) is 72.5 Å². The third kappa shape index (κ3) is 35.4. The van der Waals surface area contributed by atoms with Crippen molar-refractivity contribution in [2.45, 2.75) is 187 Å². The zero-order chi connectivity index (χ0) is 89.7. The molecule has 14 atom stereocenters. The molecule has 31 N–H and O–H groups in total. The summed E-state index contributed by atoms with van der Waals surface area (Å²) in [6.45, 7) is 1.30. The predicted molar refractivity (Wildman–Crippen MR) is 434 cm³/mol. The lowest BCUT2D eigenvalue weighted by atomic mass is 10.1. The fraction of sp³-hybridized carbons (Fsp3) is 0.571. The summed E-state index contributed by atoms with van der Waals surface area (Å²) in [4.78, 5) is 270. The molecule has 2 aromatic rings. The Balaban J connectivity index is 1.70. The fourth-order valence-corrected chi connectivity index (χ4v) is 14.9. The first-order chi connectivity index (χ1) is 57.2. The lowest BCUT2D eigenvalue weighted by Crippen LogP contribution is -2.62. The standard InChI is InChI=1S/C70H106N26O22S3/c1-32(71)56(106)92-46-29-120-26-37-14-36-15-38(16-37)27-121-30-47(93-64(114)44(19-53(102)103)91-68(118)55(35(4)97)95-58(108)34(3)85-57(107)33(2)86-62(112)42(17-39-20-77-31-84-39)89-63(113)43(18-49(72)98)90-66(46)116)65(115)88-41(9-6-12-79-70(75)76)60(110)82-22-51(100)87-40(8-5-11-78-69(73)74)59(109)81-21-50(99)80-23-52(101)96-13-7-10-48(96)67(117)94-45(28-119-25-36)61(111)83-24-54(104)105/h14-16,20,31-35,40-48,55,97H,5-13,17-19,21-30,71H2,1-4H3,(H2,72,98)(H,77,84)(H,80,99)(H,81,109)(H,82,110)(H,83,111)(H,85,107)(H,86,112)(H,87,100)(H,88,115)(H,89,113)(H,90,116)(H,91,118)(H,92,106)(H,93,114)(H,94,117)(H,95,108)(H,102,103)(H,104,105)(H4,73,74,78)(H4,75,76,79)/t32-,33-,34-,35+,40-,41-,42-,43-,44-,45-,46-,47-,48-,55-/m0/s1. The van der Waals surface area contributed by atoms with Crippen LogP contribution < -0.4 is 113 Å². The van der Waals surface area contributed by atoms with Gasteiger partial charge in [0.05, 0.1) is 50.9 Å². The van der Waals surface area contributed by atoms with Crippen LogP contribution in [-0.4, -0.2) is 302 Å². The summed E-state index contributed by atoms with van der Waals surface area (Å²) in [7, 11) is 0. The number of imidazole rings is 1. The van der Waals surface area contributed by atoms with Gasteiger partial charge in [0.2, 0.25) is 100 Å². The summed E-state index contributed by atoms with van der Waals surface area (Å²) in [5.41, 5.74) is 24.1. The Labute approximate surface area is 705 Å². The van der Waals surface area contributed by atoms with Crippen LogP contribution in [0.5, 0.6) is 0 Å². The van der Waals surface area contributed by atoms with Gasteiger partial charge in [-0.1, -0.05) is 18.2 Å². The zero-order valence-corrected chi connectivity index (χ0v) is 69.0. The van der Waals surface area contributed by atoms with Crippen LogP contribution >= 0.6 is 35.3 Å². The maximum atomic E-state index is 15.1. The van der Waals surface area contributed by atoms with Crippen molar-refractivity contribution in [3.63, 3.8) is 0 Å². The second-order valence-corrected chi connectivity index (χ2v) is 31.4. The maximum Gasteiger partial charge on any atom is 0.322 e. The van der Waals surface area contributed by atoms with E-state index in [0.717, 1.165) is 54.0 Å². The number of carbonyl (C=O) groups is 19. The summed E-state index contributed by atoms with van der Waals surface area (Å²) >= 11 is 2.99. The van der Waals surface area contributed by atoms with Gasteiger partial charge in [-0.2, -0.15) is 35.3 Å². The smallest absolute Gasteiger partial charge is 0.322 e. The molecule has 0 saturated carbocycles. The van der Waals surface area contributed by atoms with E-state index in [1.165, 1.54) is 26.4 Å². The number of primary amides is 1. The summed E-state index contributed by atoms with van der Waals surface area (Å²) in [5, 5.41) is 86.9. The number of thioether (sulfide) groups is 3. The summed E-state index contributed by atoms with van der Waals surface area (Å²) < 4.78 is 0. The minimum atomic E-state index is -2.17. The number of aromatic nitrogens is 2. The van der Waals surface area contributed by atoms with E-state index in [-0.39, 0.29) is 99.0 Å². The Hall–Kier alpha value is -12.1. The summed E-state index contributed by atoms with van der Waals surface area (Å²) in [6.07, 6.45) is -1.94. The molecular formula is C70H106N26O22S3. The molecule has 121 heavy (non-hydrogen) atoms. The third-order valence-corrected chi connectivity index (χ3v) is 21.5. The Bertz CT molecular complexity index is 4110. The topological polar surface area (TPSA) is 773 Å². The van der Waals surface area contributed by atoms with E-state index in [2.05, 4.69) is 100 Å². The molecule has 1 aromatic heterocycles. The van der Waals surface area contributed by atoms with Gasteiger partial charge in [-0.3, -0.25) is 102 Å². The predicted octanol–water partition coefficient (Wildman–Crippen LogP) is -11.1. The number of carboxylic acid groups (broad SMARTS) is 2. The van der Waals surface area contributed by atoms with Crippen LogP contribution in [0.4, 0.5) is 0 Å². The molecule has 0 unspecified atom stereocenters. The number of amides is 17. The second kappa shape index (κ2) is 50.1. The van der Waals surface area contributed by atoms with Crippen molar-refractivity contribution in [1.82, 2.24) is 105 Å². The largest absolute Gasteiger partial charge is 0.481 e. The Kier molecular flexibility index (Phi) is 41.1. The van der Waals surface area contributed by atoms with Crippen molar-refractivity contribution in [3.05, 3.63) is 53.1 Å². The SMILES string of the molecule is C[C@H](N)C(=O)N[C@H]1CSCc2cc3cc(c2)CSC[C@@H](C(=O)NCC(=O)O)NC(=O)[C@@H]2CCCN2C(=O)CNC(=O)CNC(=O)[C@H](CCCNC(=N)N)NC(=O)CNC(=O)[C@H](CCCNC(=N)N)NC(=O)[C@H](CSC3)NC(=O)[C@H](CC(=O)O)NC(=O)[C@H]([C@@H](C)O)NC(=O)[C@H](C)NC(=O)[C@H](C)NC(=O)[C@H](Cc2cnc[nH]2)NC(=O)[C@H](CC(N)=O)NC1=O. The summed E-state index contributed by atoms with van der Waals surface area (Å²) in [5.74, 6) is -23.4. The second-order valence-electron chi connectivity index (χ2n) is 28.3. The van der Waals surface area contributed by atoms with Gasteiger partial charge >= 0.3 is 11.9 Å². The van der Waals surface area contributed by atoms with Gasteiger partial charge in [-0.25, -0.2) is 4.98 Å². The molecule has 51 heteroatoms. The number of aliphatic carboxylic acids is 2. The van der Waals surface area contributed by atoms with Crippen LogP contribution in [0.1, 0.15) is 101 Å². The highest BCUT2D eigenvalue weighted by Gasteiger charge is 2.40. The van der Waals surface area contributed by atoms with Gasteiger partial charge in [0.15, 0.2) is 11.9 Å². The monoisotopic (exact) mass is 1760 g/mol. The van der Waals surface area contributed by atoms with Crippen LogP contribution in [0, 0.1) is 10.8 Å². The number of nitrogens with zero attached hydrogens (tertiary/aromatic N) is 2. The van der Waals surface area contributed by atoms with E-state index < -0.39 is 254 Å². The highest BCUT2D eigenvalue weighted by atomic mass is 32.2. The van der Waals surface area contributed by atoms with Crippen molar-refractivity contribution in [3.8, 4) is 0 Å². The number of benzene rings is 1. The third-order valence-electron chi connectivity index (χ3n) is 18.1. The molecule has 4 bridgehead atoms. The molecule has 0 spiro atoms. The van der Waals surface area contributed by atoms with Crippen molar-refractivity contribution in [1.29, 1.82) is 10.8 Å². The Morgan fingerprint density at radius 3 is 1.64 bits per heavy atom. The molecule has 3 aliphatic heterocycles. The van der Waals surface area contributed by atoms with E-state index in [1.807, 2.05) is 0 Å². The minimum Gasteiger partial charge on any atom is -0.481 e. The first-order valence-electron chi connectivity index (χ1n) is 38.0. The average molecular weight is 1760 g/mol. The van der Waals surface area contributed by atoms with E-state index >= 15 is 4.79 Å². The molecule has 48 nitrogen and oxygen atoms in total. The average Bonchev–Trinajstić information content (AvgIpc) is 1.50. The van der Waals surface area contributed by atoms with Gasteiger partial charge in [0.25, 0.3) is 0 Å². The number of H-pyrrole nitrogens is 1. The molecule has 0 radical (unpaired) electrons. The zero-order valence-electron chi connectivity index (χ0n) is 66.6. The van der Waals surface area contributed by atoms with Crippen molar-refractivity contribution < 1.29 is 106 Å². The molecule has 1 aromatic carbocycles. The number of aromatic amines is 1. The molecular weight excluding hydrogens is 1650 g/mol. The Morgan fingerprint density at radius 2 is 1.08 bits per heavy atom. The first kappa shape index (κ1) is 99.4. The number of guanidine groups is 2. The number of aliphatic hydroxyl groups is 1. The molecule has 17 amide bonds. The molecule has 5 rings (SSSR count). The molecule has 1 saturated heterocycles. The number of hydrogen-bond acceptors (Lipinski definition) is 27. The van der Waals surface area contributed by atoms with E-state index in [1.54, 1.807) is 18.2 Å². The fourth-order valence-electron chi connectivity index (χ4n) is 11.9. The molecule has 666 valence electrons. The number of nitrogens with one attached hydrogen (secondary N) is 20. The Morgan fingerprint density at radius 1 is 0.562 bits per heavy atom. The van der Waals surface area contributed by atoms with Gasteiger partial charge in [0.1, 0.15) is 79.0 Å². The van der Waals surface area contributed by atoms with Crippen molar-refractivity contribution in [2.75, 3.05) is 63.1 Å². The number of carboxylic acids is 2. The number of carbonyl (C=O) groups excluding carboxylic acids is 17. The lowest BCUT2D eigenvalue weighted by molar-refractivity contribution is -0.142.